The topological polar surface area (TPSA) is 43.4 Å². The van der Waals surface area contributed by atoms with Crippen LogP contribution in [0.4, 0.5) is 13.2 Å². The fraction of sp³-hybridized carbons (Fsp3) is 0.429. The monoisotopic (exact) mass is 320 g/mol. The van der Waals surface area contributed by atoms with Crippen molar-refractivity contribution in [1.29, 1.82) is 0 Å². The van der Waals surface area contributed by atoms with E-state index in [0.29, 0.717) is 18.6 Å². The molecule has 7 heteroatoms. The Bertz CT molecular complexity index is 483. The zero-order valence-electron chi connectivity index (χ0n) is 11.4. The molecule has 21 heavy (non-hydrogen) atoms. The van der Waals surface area contributed by atoms with Crippen molar-refractivity contribution in [3.05, 3.63) is 29.8 Å². The summed E-state index contributed by atoms with van der Waals surface area (Å²) in [5.74, 6) is -0.565. The summed E-state index contributed by atoms with van der Waals surface area (Å²) in [4.78, 5) is 22.9. The lowest BCUT2D eigenvalue weighted by molar-refractivity contribution is -0.143. The maximum Gasteiger partial charge on any atom is 0.446 e. The molecule has 0 fully saturated rings. The molecule has 0 spiro atoms. The number of ether oxygens (including phenoxy) is 1. The lowest BCUT2D eigenvalue weighted by Crippen LogP contribution is -2.06. The second-order valence-corrected chi connectivity index (χ2v) is 5.29. The number of carbonyl (C=O) groups is 2. The molecule has 0 amide bonds. The van der Waals surface area contributed by atoms with Gasteiger partial charge in [0.05, 0.1) is 6.61 Å². The Morgan fingerprint density at radius 1 is 1.14 bits per heavy atom. The fourth-order valence-corrected chi connectivity index (χ4v) is 2.15. The van der Waals surface area contributed by atoms with Gasteiger partial charge in [0, 0.05) is 23.3 Å². The average molecular weight is 320 g/mol. The van der Waals surface area contributed by atoms with E-state index in [1.165, 1.54) is 24.3 Å². The number of benzene rings is 1. The first kappa shape index (κ1) is 17.6. The van der Waals surface area contributed by atoms with Crippen molar-refractivity contribution in [2.24, 2.45) is 0 Å². The van der Waals surface area contributed by atoms with Crippen LogP contribution in [0.3, 0.4) is 0 Å². The van der Waals surface area contributed by atoms with E-state index in [-0.39, 0.29) is 41.3 Å². The molecule has 0 aromatic heterocycles. The van der Waals surface area contributed by atoms with Gasteiger partial charge in [-0.3, -0.25) is 9.59 Å². The zero-order valence-corrected chi connectivity index (χ0v) is 12.2. The lowest BCUT2D eigenvalue weighted by Gasteiger charge is -2.06. The van der Waals surface area contributed by atoms with Crippen molar-refractivity contribution >= 4 is 23.5 Å². The van der Waals surface area contributed by atoms with Gasteiger partial charge >= 0.3 is 11.5 Å². The Hall–Kier alpha value is -1.50. The van der Waals surface area contributed by atoms with Gasteiger partial charge in [-0.05, 0) is 37.2 Å². The van der Waals surface area contributed by atoms with Gasteiger partial charge < -0.3 is 4.74 Å². The predicted octanol–water partition coefficient (Wildman–Crippen LogP) is 4.21. The number of ketones is 1. The molecule has 116 valence electrons. The minimum absolute atomic E-state index is 0.0329. The fourth-order valence-electron chi connectivity index (χ4n) is 1.61. The Morgan fingerprint density at radius 3 is 2.29 bits per heavy atom. The first-order valence-corrected chi connectivity index (χ1v) is 7.18. The van der Waals surface area contributed by atoms with Gasteiger partial charge in [-0.2, -0.15) is 13.2 Å². The number of hydrogen-bond acceptors (Lipinski definition) is 4. The predicted molar refractivity (Wildman–Crippen MR) is 73.2 cm³/mol. The van der Waals surface area contributed by atoms with Gasteiger partial charge in [-0.1, -0.05) is 12.1 Å². The smallest absolute Gasteiger partial charge is 0.446 e. The van der Waals surface area contributed by atoms with Gasteiger partial charge in [0.15, 0.2) is 5.78 Å². The molecule has 0 atom stereocenters. The van der Waals surface area contributed by atoms with Crippen LogP contribution in [0.15, 0.2) is 29.2 Å². The number of halogens is 3. The molecule has 0 aliphatic carbocycles. The molecule has 0 bridgehead atoms. The normalized spacial score (nSPS) is 11.2. The molecule has 0 aliphatic rings. The van der Waals surface area contributed by atoms with Crippen molar-refractivity contribution in [1.82, 2.24) is 0 Å². The highest BCUT2D eigenvalue weighted by molar-refractivity contribution is 8.00. The van der Waals surface area contributed by atoms with Crippen LogP contribution in [0.2, 0.25) is 0 Å². The summed E-state index contributed by atoms with van der Waals surface area (Å²) < 4.78 is 41.2. The second-order valence-electron chi connectivity index (χ2n) is 4.15. The van der Waals surface area contributed by atoms with E-state index >= 15 is 0 Å². The number of Topliss-reactive ketones (excluding diaryl/α,β-unsaturated/α-hetero) is 1. The van der Waals surface area contributed by atoms with Crippen LogP contribution in [-0.2, 0) is 9.53 Å². The first-order valence-electron chi connectivity index (χ1n) is 6.36. The molecule has 3 nitrogen and oxygen atoms in total. The maximum atomic E-state index is 12.2. The Morgan fingerprint density at radius 2 is 1.76 bits per heavy atom. The number of esters is 1. The number of rotatable bonds is 7. The van der Waals surface area contributed by atoms with Crippen molar-refractivity contribution in [2.45, 2.75) is 36.6 Å². The lowest BCUT2D eigenvalue weighted by atomic mass is 10.1. The van der Waals surface area contributed by atoms with Gasteiger partial charge in [0.25, 0.3) is 0 Å². The van der Waals surface area contributed by atoms with E-state index in [4.69, 9.17) is 4.74 Å². The highest BCUT2D eigenvalue weighted by Gasteiger charge is 2.29. The van der Waals surface area contributed by atoms with Crippen LogP contribution >= 0.6 is 11.8 Å². The standard InChI is InChI=1S/C14H15F3O3S/c1-2-20-13(19)5-3-4-12(18)10-6-8-11(9-7-10)21-14(15,16)17/h6-9H,2-5H2,1H3. The summed E-state index contributed by atoms with van der Waals surface area (Å²) in [6.45, 7) is 1.99. The van der Waals surface area contributed by atoms with E-state index in [1.807, 2.05) is 0 Å². The third-order valence-electron chi connectivity index (χ3n) is 2.50. The van der Waals surface area contributed by atoms with Crippen molar-refractivity contribution in [2.75, 3.05) is 6.61 Å². The highest BCUT2D eigenvalue weighted by Crippen LogP contribution is 2.36. The summed E-state index contributed by atoms with van der Waals surface area (Å²) in [6, 6.07) is 5.25. The van der Waals surface area contributed by atoms with Crippen molar-refractivity contribution in [3.63, 3.8) is 0 Å². The van der Waals surface area contributed by atoms with E-state index in [9.17, 15) is 22.8 Å². The molecule has 0 saturated carbocycles. The summed E-state index contributed by atoms with van der Waals surface area (Å²) in [5, 5.41) is 0. The SMILES string of the molecule is CCOC(=O)CCCC(=O)c1ccc(SC(F)(F)F)cc1. The van der Waals surface area contributed by atoms with Gasteiger partial charge in [-0.15, -0.1) is 0 Å². The molecule has 0 heterocycles. The quantitative estimate of drug-likeness (QED) is 0.429. The Labute approximate surface area is 124 Å². The van der Waals surface area contributed by atoms with Gasteiger partial charge in [-0.25, -0.2) is 0 Å². The van der Waals surface area contributed by atoms with E-state index < -0.39 is 5.51 Å². The zero-order chi connectivity index (χ0) is 15.9. The molecule has 0 aliphatic heterocycles. The summed E-state index contributed by atoms with van der Waals surface area (Å²) >= 11 is -0.224. The van der Waals surface area contributed by atoms with Crippen LogP contribution < -0.4 is 0 Å². The van der Waals surface area contributed by atoms with Gasteiger partial charge in [0.2, 0.25) is 0 Å². The van der Waals surface area contributed by atoms with Crippen LogP contribution in [0, 0.1) is 0 Å². The minimum Gasteiger partial charge on any atom is -0.466 e. The maximum absolute atomic E-state index is 12.2. The Balaban J connectivity index is 2.46. The van der Waals surface area contributed by atoms with Crippen LogP contribution in [0.5, 0.6) is 0 Å². The van der Waals surface area contributed by atoms with E-state index in [0.717, 1.165) is 0 Å². The van der Waals surface area contributed by atoms with Crippen LogP contribution in [0.25, 0.3) is 0 Å². The first-order chi connectivity index (χ1) is 9.81. The molecule has 0 unspecified atom stereocenters. The van der Waals surface area contributed by atoms with E-state index in [2.05, 4.69) is 0 Å². The highest BCUT2D eigenvalue weighted by atomic mass is 32.2. The average Bonchev–Trinajstić information content (AvgIpc) is 2.38. The second kappa shape index (κ2) is 8.07. The number of thioether (sulfide) groups is 1. The molecule has 0 N–H and O–H groups in total. The van der Waals surface area contributed by atoms with Crippen molar-refractivity contribution in [3.8, 4) is 0 Å². The molecule has 1 aromatic rings. The Kier molecular flexibility index (Phi) is 6.74. The molecular weight excluding hydrogens is 305 g/mol. The molecule has 0 radical (unpaired) electrons. The third kappa shape index (κ3) is 7.17. The molecule has 1 rings (SSSR count). The molecule has 1 aromatic carbocycles. The molecular formula is C14H15F3O3S. The molecule has 0 saturated heterocycles. The largest absolute Gasteiger partial charge is 0.466 e. The van der Waals surface area contributed by atoms with Crippen LogP contribution in [0.1, 0.15) is 36.5 Å². The summed E-state index contributed by atoms with van der Waals surface area (Å²) in [5.41, 5.74) is -4.00. The van der Waals surface area contributed by atoms with E-state index in [1.54, 1.807) is 6.92 Å². The van der Waals surface area contributed by atoms with Gasteiger partial charge in [0.1, 0.15) is 0 Å². The number of hydrogen-bond donors (Lipinski definition) is 0. The number of alkyl halides is 3. The summed E-state index contributed by atoms with van der Waals surface area (Å²) in [7, 11) is 0. The van der Waals surface area contributed by atoms with Crippen molar-refractivity contribution < 1.29 is 27.5 Å². The van der Waals surface area contributed by atoms with Crippen LogP contribution in [-0.4, -0.2) is 23.9 Å². The number of carbonyl (C=O) groups excluding carboxylic acids is 2. The third-order valence-corrected chi connectivity index (χ3v) is 3.24. The summed E-state index contributed by atoms with van der Waals surface area (Å²) in [6.07, 6.45) is 0.670. The minimum atomic E-state index is -4.34.